The lowest BCUT2D eigenvalue weighted by molar-refractivity contribution is -0.118. The molecule has 1 aromatic rings. The van der Waals surface area contributed by atoms with E-state index in [1.165, 1.54) is 4.90 Å². The molecule has 8 heteroatoms. The quantitative estimate of drug-likeness (QED) is 0.860. The molecule has 0 aliphatic carbocycles. The predicted molar refractivity (Wildman–Crippen MR) is 64.9 cm³/mol. The van der Waals surface area contributed by atoms with Gasteiger partial charge >= 0.3 is 0 Å². The van der Waals surface area contributed by atoms with Crippen molar-refractivity contribution in [3.8, 4) is 0 Å². The van der Waals surface area contributed by atoms with Gasteiger partial charge in [0.1, 0.15) is 0 Å². The fourth-order valence-electron chi connectivity index (χ4n) is 1.28. The third-order valence-electron chi connectivity index (χ3n) is 1.80. The number of carbonyl (C=O) groups is 2. The van der Waals surface area contributed by atoms with Gasteiger partial charge in [0.15, 0.2) is 0 Å². The monoisotopic (exact) mass is 276 g/mol. The molecule has 0 spiro atoms. The van der Waals surface area contributed by atoms with E-state index in [4.69, 9.17) is 17.3 Å². The number of rotatable bonds is 5. The van der Waals surface area contributed by atoms with Crippen LogP contribution in [0, 0.1) is 5.92 Å². The molecule has 0 radical (unpaired) electrons. The van der Waals surface area contributed by atoms with Crippen molar-refractivity contribution in [2.75, 3.05) is 13.1 Å². The Morgan fingerprint density at radius 2 is 2.12 bits per heavy atom. The van der Waals surface area contributed by atoms with Crippen molar-refractivity contribution in [3.63, 3.8) is 0 Å². The van der Waals surface area contributed by atoms with Crippen molar-refractivity contribution in [3.05, 3.63) is 9.47 Å². The number of aromatic nitrogens is 2. The van der Waals surface area contributed by atoms with Gasteiger partial charge in [-0.2, -0.15) is 0 Å². The van der Waals surface area contributed by atoms with E-state index in [0.29, 0.717) is 6.54 Å². The van der Waals surface area contributed by atoms with Crippen LogP contribution in [-0.4, -0.2) is 40.0 Å². The average Bonchev–Trinajstić information content (AvgIpc) is 2.61. The Labute approximate surface area is 108 Å². The van der Waals surface area contributed by atoms with Crippen molar-refractivity contribution in [1.29, 1.82) is 0 Å². The lowest BCUT2D eigenvalue weighted by atomic mass is 10.2. The molecule has 0 aromatic carbocycles. The highest BCUT2D eigenvalue weighted by Crippen LogP contribution is 2.17. The highest BCUT2D eigenvalue weighted by atomic mass is 35.5. The summed E-state index contributed by atoms with van der Waals surface area (Å²) in [4.78, 5) is 24.2. The topological polar surface area (TPSA) is 89.2 Å². The van der Waals surface area contributed by atoms with Gasteiger partial charge < -0.3 is 10.6 Å². The van der Waals surface area contributed by atoms with E-state index in [1.807, 2.05) is 13.8 Å². The Balaban J connectivity index is 2.82. The van der Waals surface area contributed by atoms with Gasteiger partial charge in [0.2, 0.25) is 15.4 Å². The van der Waals surface area contributed by atoms with E-state index >= 15 is 0 Å². The van der Waals surface area contributed by atoms with Crippen LogP contribution in [0.25, 0.3) is 0 Å². The van der Waals surface area contributed by atoms with Crippen LogP contribution in [0.15, 0.2) is 0 Å². The molecule has 2 amide bonds. The van der Waals surface area contributed by atoms with E-state index in [0.717, 1.165) is 11.3 Å². The van der Waals surface area contributed by atoms with Crippen LogP contribution in [-0.2, 0) is 4.79 Å². The summed E-state index contributed by atoms with van der Waals surface area (Å²) in [6.45, 7) is 4.18. The lowest BCUT2D eigenvalue weighted by Crippen LogP contribution is -2.40. The van der Waals surface area contributed by atoms with E-state index < -0.39 is 5.91 Å². The van der Waals surface area contributed by atoms with Crippen LogP contribution in [0.2, 0.25) is 4.47 Å². The number of amides is 2. The van der Waals surface area contributed by atoms with Gasteiger partial charge in [0.25, 0.3) is 5.91 Å². The molecule has 0 aliphatic heterocycles. The van der Waals surface area contributed by atoms with Crippen molar-refractivity contribution >= 4 is 34.8 Å². The largest absolute Gasteiger partial charge is 0.368 e. The molecule has 17 heavy (non-hydrogen) atoms. The molecule has 0 saturated carbocycles. The predicted octanol–water partition coefficient (Wildman–Crippen LogP) is 0.775. The first-order valence-electron chi connectivity index (χ1n) is 4.96. The first kappa shape index (κ1) is 13.9. The Hall–Kier alpha value is -1.21. The highest BCUT2D eigenvalue weighted by molar-refractivity contribution is 7.17. The summed E-state index contributed by atoms with van der Waals surface area (Å²) in [5.41, 5.74) is 5.10. The maximum atomic E-state index is 12.0. The third kappa shape index (κ3) is 4.27. The molecule has 0 bridgehead atoms. The normalized spacial score (nSPS) is 10.6. The lowest BCUT2D eigenvalue weighted by Gasteiger charge is -2.21. The smallest absolute Gasteiger partial charge is 0.285 e. The van der Waals surface area contributed by atoms with Gasteiger partial charge in [-0.3, -0.25) is 9.59 Å². The maximum Gasteiger partial charge on any atom is 0.285 e. The van der Waals surface area contributed by atoms with Crippen LogP contribution in [0.1, 0.15) is 23.6 Å². The summed E-state index contributed by atoms with van der Waals surface area (Å²) in [6, 6.07) is 0. The number of nitrogens with zero attached hydrogens (tertiary/aromatic N) is 3. The molecule has 0 unspecified atom stereocenters. The zero-order chi connectivity index (χ0) is 13.0. The van der Waals surface area contributed by atoms with E-state index in [-0.39, 0.29) is 27.8 Å². The molecular weight excluding hydrogens is 264 g/mol. The molecule has 1 heterocycles. The SMILES string of the molecule is CC(C)CN(CC(N)=O)C(=O)c1nnc(Cl)s1. The average molecular weight is 277 g/mol. The first-order valence-corrected chi connectivity index (χ1v) is 6.16. The molecule has 94 valence electrons. The number of hydrogen-bond donors (Lipinski definition) is 1. The van der Waals surface area contributed by atoms with Crippen LogP contribution in [0.5, 0.6) is 0 Å². The summed E-state index contributed by atoms with van der Waals surface area (Å²) in [6.07, 6.45) is 0. The highest BCUT2D eigenvalue weighted by Gasteiger charge is 2.22. The van der Waals surface area contributed by atoms with Crippen molar-refractivity contribution in [1.82, 2.24) is 15.1 Å². The fraction of sp³-hybridized carbons (Fsp3) is 0.556. The fourth-order valence-corrected chi connectivity index (χ4v) is 2.07. The summed E-state index contributed by atoms with van der Waals surface area (Å²) in [5.74, 6) is -0.710. The second-order valence-corrected chi connectivity index (χ2v) is 5.47. The molecule has 1 aromatic heterocycles. The molecule has 0 aliphatic rings. The minimum atomic E-state index is -0.561. The number of nitrogens with two attached hydrogens (primary N) is 1. The Morgan fingerprint density at radius 1 is 1.47 bits per heavy atom. The van der Waals surface area contributed by atoms with E-state index in [1.54, 1.807) is 0 Å². The summed E-state index contributed by atoms with van der Waals surface area (Å²) in [5, 5.41) is 7.36. The standard InChI is InChI=1S/C9H13ClN4O2S/c1-5(2)3-14(4-6(11)15)8(16)7-12-13-9(10)17-7/h5H,3-4H2,1-2H3,(H2,11,15). The summed E-state index contributed by atoms with van der Waals surface area (Å²) >= 11 is 6.58. The van der Waals surface area contributed by atoms with Crippen molar-refractivity contribution in [2.24, 2.45) is 11.7 Å². The van der Waals surface area contributed by atoms with Gasteiger partial charge in [-0.1, -0.05) is 25.2 Å². The molecule has 0 atom stereocenters. The minimum Gasteiger partial charge on any atom is -0.368 e. The number of hydrogen-bond acceptors (Lipinski definition) is 5. The van der Waals surface area contributed by atoms with Crippen LogP contribution in [0.4, 0.5) is 0 Å². The minimum absolute atomic E-state index is 0.131. The second kappa shape index (κ2) is 5.92. The van der Waals surface area contributed by atoms with Gasteiger partial charge in [-0.25, -0.2) is 0 Å². The van der Waals surface area contributed by atoms with E-state index in [2.05, 4.69) is 10.2 Å². The Kier molecular flexibility index (Phi) is 4.83. The molecule has 6 nitrogen and oxygen atoms in total. The van der Waals surface area contributed by atoms with Gasteiger partial charge in [-0.05, 0) is 17.5 Å². The van der Waals surface area contributed by atoms with Crippen LogP contribution >= 0.6 is 22.9 Å². The number of halogens is 1. The third-order valence-corrected chi connectivity index (χ3v) is 2.81. The molecular formula is C9H13ClN4O2S. The number of primary amides is 1. The Bertz CT molecular complexity index is 421. The molecule has 1 rings (SSSR count). The second-order valence-electron chi connectivity index (χ2n) is 3.91. The molecule has 2 N–H and O–H groups in total. The number of carbonyl (C=O) groups excluding carboxylic acids is 2. The summed E-state index contributed by atoms with van der Waals surface area (Å²) < 4.78 is 0.192. The van der Waals surface area contributed by atoms with Crippen molar-refractivity contribution in [2.45, 2.75) is 13.8 Å². The molecule has 0 fully saturated rings. The van der Waals surface area contributed by atoms with Gasteiger partial charge in [0, 0.05) is 6.54 Å². The van der Waals surface area contributed by atoms with Crippen LogP contribution < -0.4 is 5.73 Å². The van der Waals surface area contributed by atoms with Crippen molar-refractivity contribution < 1.29 is 9.59 Å². The maximum absolute atomic E-state index is 12.0. The summed E-state index contributed by atoms with van der Waals surface area (Å²) in [7, 11) is 0. The van der Waals surface area contributed by atoms with Gasteiger partial charge in [-0.15, -0.1) is 10.2 Å². The first-order chi connectivity index (χ1) is 7.90. The van der Waals surface area contributed by atoms with Gasteiger partial charge in [0.05, 0.1) is 6.54 Å². The van der Waals surface area contributed by atoms with E-state index in [9.17, 15) is 9.59 Å². The Morgan fingerprint density at radius 3 is 2.53 bits per heavy atom. The van der Waals surface area contributed by atoms with Crippen LogP contribution in [0.3, 0.4) is 0 Å². The molecule has 0 saturated heterocycles. The zero-order valence-electron chi connectivity index (χ0n) is 9.51. The zero-order valence-corrected chi connectivity index (χ0v) is 11.1.